The standard InChI is InChI=1S/C13H17N3O/c1-2-3-8-6-11(8)16-13-15-10-5-4-9(14)7-12(10)17-13/h4-5,7-8,11H,2-3,6,14H2,1H3,(H,15,16). The number of fused-ring (bicyclic) bond motifs is 1. The van der Waals surface area contributed by atoms with Crippen LogP contribution in [0.2, 0.25) is 0 Å². The molecule has 0 bridgehead atoms. The molecule has 4 heteroatoms. The van der Waals surface area contributed by atoms with Gasteiger partial charge in [-0.25, -0.2) is 0 Å². The second-order valence-electron chi connectivity index (χ2n) is 4.78. The van der Waals surface area contributed by atoms with Crippen LogP contribution in [0.15, 0.2) is 22.6 Å². The van der Waals surface area contributed by atoms with Crippen LogP contribution in [0.1, 0.15) is 26.2 Å². The molecular weight excluding hydrogens is 214 g/mol. The summed E-state index contributed by atoms with van der Waals surface area (Å²) in [5.41, 5.74) is 8.01. The molecule has 1 heterocycles. The van der Waals surface area contributed by atoms with Crippen molar-refractivity contribution in [2.45, 2.75) is 32.2 Å². The zero-order valence-electron chi connectivity index (χ0n) is 9.94. The predicted octanol–water partition coefficient (Wildman–Crippen LogP) is 3.01. The summed E-state index contributed by atoms with van der Waals surface area (Å²) >= 11 is 0. The highest BCUT2D eigenvalue weighted by Gasteiger charge is 2.36. The largest absolute Gasteiger partial charge is 0.423 e. The second-order valence-corrected chi connectivity index (χ2v) is 4.78. The molecular formula is C13H17N3O. The maximum atomic E-state index is 5.70. The van der Waals surface area contributed by atoms with Crippen LogP contribution in [0.5, 0.6) is 0 Å². The van der Waals surface area contributed by atoms with Gasteiger partial charge in [-0.1, -0.05) is 13.3 Å². The summed E-state index contributed by atoms with van der Waals surface area (Å²) < 4.78 is 5.62. The molecule has 3 N–H and O–H groups in total. The SMILES string of the molecule is CCCC1CC1Nc1nc2ccc(N)cc2o1. The average Bonchev–Trinajstić information content (AvgIpc) is 2.88. The van der Waals surface area contributed by atoms with Crippen molar-refractivity contribution in [3.63, 3.8) is 0 Å². The van der Waals surface area contributed by atoms with E-state index < -0.39 is 0 Å². The summed E-state index contributed by atoms with van der Waals surface area (Å²) in [5, 5.41) is 3.34. The zero-order valence-corrected chi connectivity index (χ0v) is 9.94. The quantitative estimate of drug-likeness (QED) is 0.794. The van der Waals surface area contributed by atoms with Crippen molar-refractivity contribution in [3.05, 3.63) is 18.2 Å². The molecule has 1 fully saturated rings. The monoisotopic (exact) mass is 231 g/mol. The molecule has 0 spiro atoms. The van der Waals surface area contributed by atoms with Gasteiger partial charge >= 0.3 is 0 Å². The van der Waals surface area contributed by atoms with Crippen LogP contribution < -0.4 is 11.1 Å². The van der Waals surface area contributed by atoms with Gasteiger partial charge in [0.25, 0.3) is 6.01 Å². The Balaban J connectivity index is 1.74. The maximum Gasteiger partial charge on any atom is 0.295 e. The molecule has 2 atom stereocenters. The van der Waals surface area contributed by atoms with Crippen molar-refractivity contribution in [3.8, 4) is 0 Å². The summed E-state index contributed by atoms with van der Waals surface area (Å²) in [4.78, 5) is 4.40. The van der Waals surface area contributed by atoms with Crippen LogP contribution in [0.4, 0.5) is 11.7 Å². The molecule has 2 unspecified atom stereocenters. The highest BCUT2D eigenvalue weighted by atomic mass is 16.4. The lowest BCUT2D eigenvalue weighted by Gasteiger charge is -1.98. The molecule has 0 amide bonds. The Kier molecular flexibility index (Phi) is 2.42. The summed E-state index contributed by atoms with van der Waals surface area (Å²) in [6.07, 6.45) is 3.76. The van der Waals surface area contributed by atoms with E-state index in [2.05, 4.69) is 17.2 Å². The number of nitrogens with one attached hydrogen (secondary N) is 1. The van der Waals surface area contributed by atoms with Gasteiger partial charge in [-0.3, -0.25) is 0 Å². The average molecular weight is 231 g/mol. The number of rotatable bonds is 4. The van der Waals surface area contributed by atoms with Gasteiger partial charge in [-0.2, -0.15) is 4.98 Å². The fourth-order valence-corrected chi connectivity index (χ4v) is 2.28. The minimum absolute atomic E-state index is 0.542. The number of benzene rings is 1. The van der Waals surface area contributed by atoms with E-state index in [9.17, 15) is 0 Å². The molecule has 90 valence electrons. The van der Waals surface area contributed by atoms with E-state index >= 15 is 0 Å². The third-order valence-electron chi connectivity index (χ3n) is 3.30. The van der Waals surface area contributed by atoms with Crippen LogP contribution in [-0.4, -0.2) is 11.0 Å². The third-order valence-corrected chi connectivity index (χ3v) is 3.30. The van der Waals surface area contributed by atoms with E-state index in [1.807, 2.05) is 18.2 Å². The number of nitrogens with two attached hydrogens (primary N) is 1. The Labute approximate surface area is 100 Å². The number of aromatic nitrogens is 1. The van der Waals surface area contributed by atoms with Crippen molar-refractivity contribution in [1.29, 1.82) is 0 Å². The van der Waals surface area contributed by atoms with Crippen LogP contribution >= 0.6 is 0 Å². The Morgan fingerprint density at radius 1 is 1.53 bits per heavy atom. The summed E-state index contributed by atoms with van der Waals surface area (Å²) in [7, 11) is 0. The minimum atomic E-state index is 0.542. The molecule has 2 aromatic rings. The molecule has 1 saturated carbocycles. The Morgan fingerprint density at radius 2 is 2.41 bits per heavy atom. The topological polar surface area (TPSA) is 64.1 Å². The summed E-state index contributed by atoms with van der Waals surface area (Å²) in [6, 6.07) is 6.69. The van der Waals surface area contributed by atoms with Crippen LogP contribution in [0.25, 0.3) is 11.1 Å². The van der Waals surface area contributed by atoms with Crippen LogP contribution in [-0.2, 0) is 0 Å². The van der Waals surface area contributed by atoms with Gasteiger partial charge in [0.1, 0.15) is 5.52 Å². The Bertz CT molecular complexity index is 534. The van der Waals surface area contributed by atoms with Gasteiger partial charge in [0.2, 0.25) is 0 Å². The highest BCUT2D eigenvalue weighted by molar-refractivity contribution is 5.78. The molecule has 3 rings (SSSR count). The van der Waals surface area contributed by atoms with E-state index in [0.717, 1.165) is 17.0 Å². The van der Waals surface area contributed by atoms with Gasteiger partial charge in [-0.15, -0.1) is 0 Å². The van der Waals surface area contributed by atoms with Crippen molar-refractivity contribution in [2.75, 3.05) is 11.1 Å². The predicted molar refractivity (Wildman–Crippen MR) is 68.8 cm³/mol. The molecule has 1 aliphatic rings. The van der Waals surface area contributed by atoms with E-state index in [4.69, 9.17) is 10.2 Å². The molecule has 1 aliphatic carbocycles. The summed E-state index contributed by atoms with van der Waals surface area (Å²) in [6.45, 7) is 2.22. The molecule has 4 nitrogen and oxygen atoms in total. The van der Waals surface area contributed by atoms with Crippen molar-refractivity contribution < 1.29 is 4.42 Å². The van der Waals surface area contributed by atoms with Gasteiger partial charge in [-0.05, 0) is 30.9 Å². The Morgan fingerprint density at radius 3 is 3.24 bits per heavy atom. The molecule has 1 aromatic carbocycles. The number of nitrogen functional groups attached to an aromatic ring is 1. The first kappa shape index (κ1) is 10.4. The summed E-state index contributed by atoms with van der Waals surface area (Å²) in [5.74, 6) is 0.792. The fraction of sp³-hybridized carbons (Fsp3) is 0.462. The van der Waals surface area contributed by atoms with Gasteiger partial charge in [0.15, 0.2) is 5.58 Å². The van der Waals surface area contributed by atoms with E-state index in [1.165, 1.54) is 19.3 Å². The lowest BCUT2D eigenvalue weighted by Crippen LogP contribution is -2.04. The zero-order chi connectivity index (χ0) is 11.8. The molecule has 0 aliphatic heterocycles. The number of hydrogen-bond acceptors (Lipinski definition) is 4. The third kappa shape index (κ3) is 2.07. The van der Waals surface area contributed by atoms with Gasteiger partial charge < -0.3 is 15.5 Å². The lowest BCUT2D eigenvalue weighted by molar-refractivity contribution is 0.606. The fourth-order valence-electron chi connectivity index (χ4n) is 2.28. The van der Waals surface area contributed by atoms with Crippen molar-refractivity contribution >= 4 is 22.8 Å². The highest BCUT2D eigenvalue weighted by Crippen LogP contribution is 2.37. The first-order chi connectivity index (χ1) is 8.26. The number of oxazole rings is 1. The molecule has 0 saturated heterocycles. The number of hydrogen-bond donors (Lipinski definition) is 2. The minimum Gasteiger partial charge on any atom is -0.423 e. The molecule has 0 radical (unpaired) electrons. The van der Waals surface area contributed by atoms with Crippen LogP contribution in [0.3, 0.4) is 0 Å². The van der Waals surface area contributed by atoms with Gasteiger partial charge in [0.05, 0.1) is 0 Å². The maximum absolute atomic E-state index is 5.70. The van der Waals surface area contributed by atoms with E-state index in [1.54, 1.807) is 0 Å². The van der Waals surface area contributed by atoms with Crippen molar-refractivity contribution in [2.24, 2.45) is 5.92 Å². The second kappa shape index (κ2) is 3.95. The number of anilines is 2. The van der Waals surface area contributed by atoms with E-state index in [0.29, 0.717) is 17.7 Å². The smallest absolute Gasteiger partial charge is 0.295 e. The molecule has 17 heavy (non-hydrogen) atoms. The first-order valence-electron chi connectivity index (χ1n) is 6.19. The van der Waals surface area contributed by atoms with Gasteiger partial charge in [0, 0.05) is 17.8 Å². The molecule has 1 aromatic heterocycles. The number of nitrogens with zero attached hydrogens (tertiary/aromatic N) is 1. The van der Waals surface area contributed by atoms with Crippen LogP contribution in [0, 0.1) is 5.92 Å². The Hall–Kier alpha value is -1.71. The van der Waals surface area contributed by atoms with Crippen molar-refractivity contribution in [1.82, 2.24) is 4.98 Å². The first-order valence-corrected chi connectivity index (χ1v) is 6.19. The normalized spacial score (nSPS) is 22.9. The van der Waals surface area contributed by atoms with E-state index in [-0.39, 0.29) is 0 Å². The lowest BCUT2D eigenvalue weighted by atomic mass is 10.2.